The molecule has 8 heteroatoms. The molecule has 0 aromatic carbocycles. The molecule has 1 aromatic rings. The van der Waals surface area contributed by atoms with Gasteiger partial charge >= 0.3 is 0 Å². The Labute approximate surface area is 109 Å². The summed E-state index contributed by atoms with van der Waals surface area (Å²) < 4.78 is 0. The number of primary amides is 1. The van der Waals surface area contributed by atoms with E-state index in [9.17, 15) is 14.9 Å². The molecule has 102 valence electrons. The SMILES string of the molecule is CC1CN(c2ncc([N+](=O)[O-])cc2C(N)=O)CCN1. The van der Waals surface area contributed by atoms with Crippen LogP contribution in [0.15, 0.2) is 12.3 Å². The maximum atomic E-state index is 11.4. The van der Waals surface area contributed by atoms with E-state index in [1.807, 2.05) is 11.8 Å². The number of anilines is 1. The molecular weight excluding hydrogens is 250 g/mol. The number of pyridine rings is 1. The zero-order chi connectivity index (χ0) is 14.0. The normalized spacial score (nSPS) is 19.2. The molecule has 0 saturated carbocycles. The van der Waals surface area contributed by atoms with Crippen LogP contribution in [-0.4, -0.2) is 41.5 Å². The molecule has 0 bridgehead atoms. The second-order valence-corrected chi connectivity index (χ2v) is 4.49. The maximum absolute atomic E-state index is 11.4. The lowest BCUT2D eigenvalue weighted by Gasteiger charge is -2.33. The lowest BCUT2D eigenvalue weighted by Crippen LogP contribution is -2.50. The minimum atomic E-state index is -0.711. The summed E-state index contributed by atoms with van der Waals surface area (Å²) in [4.78, 5) is 27.5. The average molecular weight is 265 g/mol. The molecule has 1 aliphatic heterocycles. The summed E-state index contributed by atoms with van der Waals surface area (Å²) in [6, 6.07) is 1.43. The van der Waals surface area contributed by atoms with Gasteiger partial charge in [-0.2, -0.15) is 0 Å². The Bertz CT molecular complexity index is 519. The Hall–Kier alpha value is -2.22. The fraction of sp³-hybridized carbons (Fsp3) is 0.455. The number of piperazine rings is 1. The Morgan fingerprint density at radius 1 is 1.68 bits per heavy atom. The van der Waals surface area contributed by atoms with Crippen molar-refractivity contribution in [1.29, 1.82) is 0 Å². The van der Waals surface area contributed by atoms with Gasteiger partial charge in [-0.25, -0.2) is 4.98 Å². The molecule has 1 aliphatic rings. The van der Waals surface area contributed by atoms with Gasteiger partial charge in [0.1, 0.15) is 12.0 Å². The zero-order valence-corrected chi connectivity index (χ0v) is 10.5. The molecule has 8 nitrogen and oxygen atoms in total. The van der Waals surface area contributed by atoms with Crippen molar-refractivity contribution in [3.63, 3.8) is 0 Å². The number of carbonyl (C=O) groups is 1. The Balaban J connectivity index is 2.38. The van der Waals surface area contributed by atoms with Crippen LogP contribution in [0.3, 0.4) is 0 Å². The van der Waals surface area contributed by atoms with E-state index in [0.717, 1.165) is 12.7 Å². The molecule has 1 amide bonds. The molecule has 2 rings (SSSR count). The van der Waals surface area contributed by atoms with Crippen LogP contribution in [0, 0.1) is 10.1 Å². The van der Waals surface area contributed by atoms with Crippen LogP contribution in [0.2, 0.25) is 0 Å². The van der Waals surface area contributed by atoms with Gasteiger partial charge in [0.25, 0.3) is 11.6 Å². The molecule has 1 atom stereocenters. The molecule has 0 spiro atoms. The molecule has 0 radical (unpaired) electrons. The second-order valence-electron chi connectivity index (χ2n) is 4.49. The van der Waals surface area contributed by atoms with E-state index in [2.05, 4.69) is 10.3 Å². The number of nitro groups is 1. The van der Waals surface area contributed by atoms with Crippen molar-refractivity contribution >= 4 is 17.4 Å². The minimum absolute atomic E-state index is 0.0864. The fourth-order valence-corrected chi connectivity index (χ4v) is 2.10. The number of nitrogens with one attached hydrogen (secondary N) is 1. The van der Waals surface area contributed by atoms with E-state index in [0.29, 0.717) is 18.9 Å². The topological polar surface area (TPSA) is 114 Å². The van der Waals surface area contributed by atoms with Crippen molar-refractivity contribution in [1.82, 2.24) is 10.3 Å². The summed E-state index contributed by atoms with van der Waals surface area (Å²) in [5.74, 6) is -0.302. The van der Waals surface area contributed by atoms with Crippen LogP contribution in [0.4, 0.5) is 11.5 Å². The van der Waals surface area contributed by atoms with Gasteiger partial charge in [0, 0.05) is 31.7 Å². The smallest absolute Gasteiger partial charge is 0.288 e. The van der Waals surface area contributed by atoms with Crippen molar-refractivity contribution in [2.45, 2.75) is 13.0 Å². The molecular formula is C11H15N5O3. The van der Waals surface area contributed by atoms with Gasteiger partial charge in [-0.1, -0.05) is 0 Å². The van der Waals surface area contributed by atoms with Gasteiger partial charge in [0.2, 0.25) is 0 Å². The van der Waals surface area contributed by atoms with E-state index >= 15 is 0 Å². The van der Waals surface area contributed by atoms with Gasteiger partial charge in [-0.05, 0) is 6.92 Å². The molecule has 0 aliphatic carbocycles. The Kier molecular flexibility index (Phi) is 3.61. The predicted octanol–water partition coefficient (Wildman–Crippen LogP) is -0.113. The lowest BCUT2D eigenvalue weighted by atomic mass is 10.1. The number of amides is 1. The average Bonchev–Trinajstić information content (AvgIpc) is 2.37. The molecule has 1 aromatic heterocycles. The molecule has 19 heavy (non-hydrogen) atoms. The minimum Gasteiger partial charge on any atom is -0.365 e. The third-order valence-corrected chi connectivity index (χ3v) is 3.00. The van der Waals surface area contributed by atoms with Crippen LogP contribution >= 0.6 is 0 Å². The standard InChI is InChI=1S/C11H15N5O3/c1-7-6-15(3-2-13-7)11-9(10(12)17)4-8(5-14-11)16(18)19/h4-5,7,13H,2-3,6H2,1H3,(H2,12,17). The summed E-state index contributed by atoms with van der Waals surface area (Å²) in [6.45, 7) is 4.13. The van der Waals surface area contributed by atoms with E-state index in [1.54, 1.807) is 0 Å². The van der Waals surface area contributed by atoms with E-state index in [-0.39, 0.29) is 17.3 Å². The Morgan fingerprint density at radius 3 is 3.00 bits per heavy atom. The van der Waals surface area contributed by atoms with Crippen LogP contribution in [-0.2, 0) is 0 Å². The quantitative estimate of drug-likeness (QED) is 0.582. The van der Waals surface area contributed by atoms with E-state index in [1.165, 1.54) is 6.07 Å². The van der Waals surface area contributed by atoms with Crippen molar-refractivity contribution < 1.29 is 9.72 Å². The van der Waals surface area contributed by atoms with Crippen molar-refractivity contribution in [3.05, 3.63) is 27.9 Å². The largest absolute Gasteiger partial charge is 0.365 e. The summed E-state index contributed by atoms with van der Waals surface area (Å²) in [5.41, 5.74) is 5.13. The second kappa shape index (κ2) is 5.19. The van der Waals surface area contributed by atoms with Crippen LogP contribution in [0.25, 0.3) is 0 Å². The molecule has 3 N–H and O–H groups in total. The highest BCUT2D eigenvalue weighted by Gasteiger charge is 2.23. The van der Waals surface area contributed by atoms with Gasteiger partial charge in [0.05, 0.1) is 10.5 Å². The monoisotopic (exact) mass is 265 g/mol. The first-order valence-corrected chi connectivity index (χ1v) is 5.91. The number of carbonyl (C=O) groups excluding carboxylic acids is 1. The molecule has 1 fully saturated rings. The van der Waals surface area contributed by atoms with E-state index < -0.39 is 10.8 Å². The maximum Gasteiger partial charge on any atom is 0.288 e. The highest BCUT2D eigenvalue weighted by atomic mass is 16.6. The van der Waals surface area contributed by atoms with Crippen molar-refractivity contribution in [2.75, 3.05) is 24.5 Å². The number of aromatic nitrogens is 1. The number of hydrogen-bond acceptors (Lipinski definition) is 6. The lowest BCUT2D eigenvalue weighted by molar-refractivity contribution is -0.385. The number of rotatable bonds is 3. The zero-order valence-electron chi connectivity index (χ0n) is 10.5. The summed E-state index contributed by atoms with van der Waals surface area (Å²) in [7, 11) is 0. The van der Waals surface area contributed by atoms with Crippen LogP contribution < -0.4 is 16.0 Å². The first kappa shape index (κ1) is 13.2. The number of hydrogen-bond donors (Lipinski definition) is 2. The summed E-state index contributed by atoms with van der Waals surface area (Å²) in [5, 5.41) is 14.0. The molecule has 1 saturated heterocycles. The molecule has 2 heterocycles. The highest BCUT2D eigenvalue weighted by Crippen LogP contribution is 2.23. The van der Waals surface area contributed by atoms with Crippen molar-refractivity contribution in [3.8, 4) is 0 Å². The summed E-state index contributed by atoms with van der Waals surface area (Å²) in [6.07, 6.45) is 1.15. The van der Waals surface area contributed by atoms with Gasteiger partial charge in [0.15, 0.2) is 0 Å². The summed E-state index contributed by atoms with van der Waals surface area (Å²) >= 11 is 0. The number of nitrogens with two attached hydrogens (primary N) is 1. The molecule has 1 unspecified atom stereocenters. The van der Waals surface area contributed by atoms with Gasteiger partial charge < -0.3 is 16.0 Å². The van der Waals surface area contributed by atoms with Gasteiger partial charge in [-0.15, -0.1) is 0 Å². The fourth-order valence-electron chi connectivity index (χ4n) is 2.10. The van der Waals surface area contributed by atoms with Gasteiger partial charge in [-0.3, -0.25) is 14.9 Å². The third kappa shape index (κ3) is 2.79. The number of nitrogens with zero attached hydrogens (tertiary/aromatic N) is 3. The van der Waals surface area contributed by atoms with Crippen LogP contribution in [0.1, 0.15) is 17.3 Å². The highest BCUT2D eigenvalue weighted by molar-refractivity contribution is 5.98. The van der Waals surface area contributed by atoms with E-state index in [4.69, 9.17) is 5.73 Å². The third-order valence-electron chi connectivity index (χ3n) is 3.00. The first-order chi connectivity index (χ1) is 8.99. The predicted molar refractivity (Wildman–Crippen MR) is 69.1 cm³/mol. The van der Waals surface area contributed by atoms with Crippen LogP contribution in [0.5, 0.6) is 0 Å². The first-order valence-electron chi connectivity index (χ1n) is 5.91. The van der Waals surface area contributed by atoms with Crippen molar-refractivity contribution in [2.24, 2.45) is 5.73 Å². The Morgan fingerprint density at radius 2 is 2.42 bits per heavy atom.